The van der Waals surface area contributed by atoms with Gasteiger partial charge in [-0.3, -0.25) is 4.90 Å². The third-order valence-electron chi connectivity index (χ3n) is 9.96. The third kappa shape index (κ3) is 4.46. The molecule has 3 atom stereocenters. The van der Waals surface area contributed by atoms with Gasteiger partial charge in [0.1, 0.15) is 12.4 Å². The van der Waals surface area contributed by atoms with Crippen LogP contribution in [0.3, 0.4) is 0 Å². The summed E-state index contributed by atoms with van der Waals surface area (Å²) in [5.74, 6) is 1.80. The van der Waals surface area contributed by atoms with Crippen molar-refractivity contribution in [2.75, 3.05) is 37.7 Å². The van der Waals surface area contributed by atoms with E-state index in [2.05, 4.69) is 50.9 Å². The summed E-state index contributed by atoms with van der Waals surface area (Å²) in [5.41, 5.74) is 4.92. The van der Waals surface area contributed by atoms with Gasteiger partial charge < -0.3 is 14.4 Å². The fourth-order valence-electron chi connectivity index (χ4n) is 8.17. The Hall–Kier alpha value is -1.70. The molecule has 7 rings (SSSR count). The summed E-state index contributed by atoms with van der Waals surface area (Å²) >= 11 is 3.72. The van der Waals surface area contributed by atoms with Gasteiger partial charge in [-0.25, -0.2) is 0 Å². The Morgan fingerprint density at radius 1 is 1.05 bits per heavy atom. The summed E-state index contributed by atoms with van der Waals surface area (Å²) < 4.78 is 14.6. The molecular formula is C31H41BrN4O2. The van der Waals surface area contributed by atoms with Gasteiger partial charge in [0.2, 0.25) is 0 Å². The van der Waals surface area contributed by atoms with E-state index in [1.54, 1.807) is 0 Å². The predicted octanol–water partition coefficient (Wildman–Crippen LogP) is 6.18. The zero-order valence-corrected chi connectivity index (χ0v) is 24.4. The normalized spacial score (nSPS) is 31.1. The van der Waals surface area contributed by atoms with Crippen LogP contribution in [0.4, 0.5) is 5.82 Å². The van der Waals surface area contributed by atoms with Gasteiger partial charge in [-0.2, -0.15) is 9.97 Å². The number of aryl methyl sites for hydroxylation is 1. The summed E-state index contributed by atoms with van der Waals surface area (Å²) in [5, 5.41) is 0. The lowest BCUT2D eigenvalue weighted by molar-refractivity contribution is -0.0856. The SMILES string of the molecule is CC1CN2CCC[C@@]2(COc2nc3c(c(N4CCCCCC4)n2)COC2(CCCc4ccc(Br)cc42)C3)C1. The number of aromatic nitrogens is 2. The van der Waals surface area contributed by atoms with Crippen LogP contribution in [-0.2, 0) is 29.8 Å². The van der Waals surface area contributed by atoms with Gasteiger partial charge in [0.05, 0.1) is 23.4 Å². The zero-order chi connectivity index (χ0) is 25.7. The van der Waals surface area contributed by atoms with E-state index < -0.39 is 0 Å². The standard InChI is InChI=1S/C31H41BrN4O2/c1-22-17-30(11-7-15-36(30)19-22)21-37-29-33-27-18-31(12-6-8-23-9-10-24(32)16-26(23)31)38-20-25(27)28(34-29)35-13-4-2-3-5-14-35/h9-10,16,22H,2-8,11-15,17-21H2,1H3/t22?,30-,31?/m0/s1. The Morgan fingerprint density at radius 2 is 1.92 bits per heavy atom. The van der Waals surface area contributed by atoms with Crippen LogP contribution in [0.2, 0.25) is 0 Å². The zero-order valence-electron chi connectivity index (χ0n) is 22.8. The van der Waals surface area contributed by atoms with Crippen molar-refractivity contribution in [1.82, 2.24) is 14.9 Å². The van der Waals surface area contributed by atoms with Crippen LogP contribution in [-0.4, -0.2) is 53.2 Å². The fourth-order valence-corrected chi connectivity index (χ4v) is 8.54. The van der Waals surface area contributed by atoms with Crippen LogP contribution in [0.15, 0.2) is 22.7 Å². The van der Waals surface area contributed by atoms with Gasteiger partial charge in [-0.1, -0.05) is 41.8 Å². The van der Waals surface area contributed by atoms with Gasteiger partial charge in [0.15, 0.2) is 0 Å². The Bertz CT molecular complexity index is 1200. The summed E-state index contributed by atoms with van der Waals surface area (Å²) in [4.78, 5) is 15.4. The monoisotopic (exact) mass is 580 g/mol. The molecule has 3 saturated heterocycles. The molecule has 1 aromatic heterocycles. The van der Waals surface area contributed by atoms with Crippen molar-refractivity contribution in [1.29, 1.82) is 0 Å². The number of fused-ring (bicyclic) bond motifs is 4. The van der Waals surface area contributed by atoms with E-state index in [9.17, 15) is 0 Å². The molecule has 2 aromatic rings. The lowest BCUT2D eigenvalue weighted by atomic mass is 9.75. The van der Waals surface area contributed by atoms with Crippen molar-refractivity contribution in [2.24, 2.45) is 5.92 Å². The van der Waals surface area contributed by atoms with E-state index in [0.29, 0.717) is 19.2 Å². The Balaban J connectivity index is 1.24. The van der Waals surface area contributed by atoms with Gasteiger partial charge in [-0.15, -0.1) is 0 Å². The van der Waals surface area contributed by atoms with Crippen molar-refractivity contribution >= 4 is 21.7 Å². The second-order valence-corrected chi connectivity index (χ2v) is 13.6. The van der Waals surface area contributed by atoms with Crippen LogP contribution < -0.4 is 9.64 Å². The number of rotatable bonds is 4. The largest absolute Gasteiger partial charge is 0.461 e. The molecule has 1 spiro atoms. The van der Waals surface area contributed by atoms with Crippen LogP contribution in [0.1, 0.15) is 87.1 Å². The second-order valence-electron chi connectivity index (χ2n) is 12.6. The highest BCUT2D eigenvalue weighted by Gasteiger charge is 2.48. The van der Waals surface area contributed by atoms with Gasteiger partial charge in [0, 0.05) is 36.1 Å². The maximum Gasteiger partial charge on any atom is 0.318 e. The Morgan fingerprint density at radius 3 is 2.79 bits per heavy atom. The number of hydrogen-bond donors (Lipinski definition) is 0. The minimum atomic E-state index is -0.312. The highest BCUT2D eigenvalue weighted by Crippen LogP contribution is 2.47. The number of halogens is 1. The van der Waals surface area contributed by atoms with Crippen molar-refractivity contribution in [3.05, 3.63) is 45.1 Å². The topological polar surface area (TPSA) is 50.7 Å². The summed E-state index contributed by atoms with van der Waals surface area (Å²) in [7, 11) is 0. The number of nitrogens with zero attached hydrogens (tertiary/aromatic N) is 4. The molecule has 0 bridgehead atoms. The number of hydrogen-bond acceptors (Lipinski definition) is 6. The molecule has 0 amide bonds. The van der Waals surface area contributed by atoms with E-state index in [1.165, 1.54) is 74.7 Å². The first-order valence-electron chi connectivity index (χ1n) is 15.0. The van der Waals surface area contributed by atoms with Gasteiger partial charge in [-0.05, 0) is 87.1 Å². The highest BCUT2D eigenvalue weighted by atomic mass is 79.9. The Kier molecular flexibility index (Phi) is 6.68. The van der Waals surface area contributed by atoms with Crippen molar-refractivity contribution in [3.8, 4) is 6.01 Å². The van der Waals surface area contributed by atoms with E-state index in [4.69, 9.17) is 19.4 Å². The molecule has 38 heavy (non-hydrogen) atoms. The van der Waals surface area contributed by atoms with Crippen molar-refractivity contribution in [3.63, 3.8) is 0 Å². The first-order valence-corrected chi connectivity index (χ1v) is 15.8. The molecule has 204 valence electrons. The number of anilines is 1. The molecule has 5 heterocycles. The molecule has 1 aliphatic carbocycles. The number of ether oxygens (including phenoxy) is 2. The molecule has 4 aliphatic heterocycles. The minimum Gasteiger partial charge on any atom is -0.461 e. The third-order valence-corrected chi connectivity index (χ3v) is 10.5. The molecule has 5 aliphatic rings. The molecule has 6 nitrogen and oxygen atoms in total. The molecule has 7 heteroatoms. The molecule has 1 aromatic carbocycles. The lowest BCUT2D eigenvalue weighted by Crippen LogP contribution is -2.44. The summed E-state index contributed by atoms with van der Waals surface area (Å²) in [6, 6.07) is 7.29. The lowest BCUT2D eigenvalue weighted by Gasteiger charge is -2.43. The number of benzene rings is 1. The highest BCUT2D eigenvalue weighted by molar-refractivity contribution is 9.10. The van der Waals surface area contributed by atoms with E-state index in [1.807, 2.05) is 0 Å². The molecular weight excluding hydrogens is 540 g/mol. The smallest absolute Gasteiger partial charge is 0.318 e. The first-order chi connectivity index (χ1) is 18.5. The summed E-state index contributed by atoms with van der Waals surface area (Å²) in [6.07, 6.45) is 12.9. The quantitative estimate of drug-likeness (QED) is 0.430. The summed E-state index contributed by atoms with van der Waals surface area (Å²) in [6.45, 7) is 8.16. The maximum atomic E-state index is 6.85. The van der Waals surface area contributed by atoms with Crippen LogP contribution in [0.25, 0.3) is 0 Å². The first kappa shape index (κ1) is 25.3. The molecule has 0 N–H and O–H groups in total. The van der Waals surface area contributed by atoms with E-state index in [0.717, 1.165) is 60.7 Å². The van der Waals surface area contributed by atoms with Crippen LogP contribution in [0, 0.1) is 5.92 Å². The maximum absolute atomic E-state index is 6.85. The molecule has 3 fully saturated rings. The Labute approximate surface area is 235 Å². The van der Waals surface area contributed by atoms with E-state index in [-0.39, 0.29) is 11.1 Å². The average Bonchev–Trinajstić information content (AvgIpc) is 3.29. The molecule has 0 saturated carbocycles. The predicted molar refractivity (Wildman–Crippen MR) is 153 cm³/mol. The minimum absolute atomic E-state index is 0.167. The second kappa shape index (κ2) is 10.0. The van der Waals surface area contributed by atoms with E-state index >= 15 is 0 Å². The van der Waals surface area contributed by atoms with Crippen LogP contribution >= 0.6 is 15.9 Å². The molecule has 0 radical (unpaired) electrons. The van der Waals surface area contributed by atoms with Crippen molar-refractivity contribution in [2.45, 2.75) is 95.3 Å². The van der Waals surface area contributed by atoms with Gasteiger partial charge in [0.25, 0.3) is 0 Å². The average molecular weight is 582 g/mol. The van der Waals surface area contributed by atoms with Crippen LogP contribution in [0.5, 0.6) is 6.01 Å². The molecule has 2 unspecified atom stereocenters. The fraction of sp³-hybridized carbons (Fsp3) is 0.677. The van der Waals surface area contributed by atoms with Crippen molar-refractivity contribution < 1.29 is 9.47 Å². The van der Waals surface area contributed by atoms with Gasteiger partial charge >= 0.3 is 6.01 Å².